The molecule has 0 spiro atoms. The van der Waals surface area contributed by atoms with Crippen LogP contribution >= 0.6 is 0 Å². The van der Waals surface area contributed by atoms with Gasteiger partial charge in [-0.15, -0.1) is 0 Å². The molecule has 0 aromatic rings. The highest BCUT2D eigenvalue weighted by Gasteiger charge is 2.67. The van der Waals surface area contributed by atoms with E-state index in [1.54, 1.807) is 0 Å². The van der Waals surface area contributed by atoms with E-state index in [9.17, 15) is 0 Å². The lowest BCUT2D eigenvalue weighted by atomic mass is 9.98. The van der Waals surface area contributed by atoms with Crippen molar-refractivity contribution in [2.45, 2.75) is 79.4 Å². The minimum absolute atomic E-state index is 0.472. The molecule has 2 unspecified atom stereocenters. The Morgan fingerprint density at radius 2 is 1.74 bits per heavy atom. The molecule has 2 fully saturated rings. The van der Waals surface area contributed by atoms with E-state index >= 15 is 0 Å². The fraction of sp³-hybridized carbons (Fsp3) is 1.00. The predicted octanol–water partition coefficient (Wildman–Crippen LogP) is 3.52. The standard InChI is InChI=1S/C17H34N2/c1-8-14-10-18-13(9-12(2)3)11-19(14)15-16(4,5)17(15,6)7/h12-15,18H,8-11H2,1-7H3. The molecule has 19 heavy (non-hydrogen) atoms. The molecule has 0 aromatic heterocycles. The van der Waals surface area contributed by atoms with Crippen molar-refractivity contribution in [2.75, 3.05) is 13.1 Å². The summed E-state index contributed by atoms with van der Waals surface area (Å²) in [5.74, 6) is 0.790. The molecule has 112 valence electrons. The van der Waals surface area contributed by atoms with Gasteiger partial charge in [0.25, 0.3) is 0 Å². The Labute approximate surface area is 120 Å². The monoisotopic (exact) mass is 266 g/mol. The zero-order valence-corrected chi connectivity index (χ0v) is 14.1. The molecule has 1 N–H and O–H groups in total. The zero-order valence-electron chi connectivity index (χ0n) is 14.1. The van der Waals surface area contributed by atoms with Gasteiger partial charge in [0.2, 0.25) is 0 Å². The number of hydrogen-bond acceptors (Lipinski definition) is 2. The molecule has 0 amide bonds. The maximum atomic E-state index is 3.78. The Morgan fingerprint density at radius 1 is 1.16 bits per heavy atom. The first-order valence-electron chi connectivity index (χ1n) is 8.21. The van der Waals surface area contributed by atoms with E-state index in [4.69, 9.17) is 0 Å². The lowest BCUT2D eigenvalue weighted by Gasteiger charge is -2.42. The van der Waals surface area contributed by atoms with Crippen molar-refractivity contribution in [3.63, 3.8) is 0 Å². The van der Waals surface area contributed by atoms with Gasteiger partial charge < -0.3 is 5.32 Å². The van der Waals surface area contributed by atoms with Crippen molar-refractivity contribution in [3.05, 3.63) is 0 Å². The summed E-state index contributed by atoms with van der Waals surface area (Å²) in [6.45, 7) is 19.2. The molecule has 2 nitrogen and oxygen atoms in total. The highest BCUT2D eigenvalue weighted by molar-refractivity contribution is 5.20. The van der Waals surface area contributed by atoms with Crippen LogP contribution in [-0.4, -0.2) is 36.1 Å². The van der Waals surface area contributed by atoms with E-state index in [-0.39, 0.29) is 0 Å². The lowest BCUT2D eigenvalue weighted by Crippen LogP contribution is -2.58. The summed E-state index contributed by atoms with van der Waals surface area (Å²) in [5, 5.41) is 3.78. The summed E-state index contributed by atoms with van der Waals surface area (Å²) in [7, 11) is 0. The van der Waals surface area contributed by atoms with Crippen LogP contribution in [-0.2, 0) is 0 Å². The minimum atomic E-state index is 0.472. The van der Waals surface area contributed by atoms with Crippen molar-refractivity contribution in [1.82, 2.24) is 10.2 Å². The van der Waals surface area contributed by atoms with Crippen molar-refractivity contribution < 1.29 is 0 Å². The first-order chi connectivity index (χ1) is 8.71. The highest BCUT2D eigenvalue weighted by atomic mass is 15.3. The number of rotatable bonds is 4. The first kappa shape index (κ1) is 15.3. The van der Waals surface area contributed by atoms with Crippen molar-refractivity contribution >= 4 is 0 Å². The second kappa shape index (κ2) is 5.04. The van der Waals surface area contributed by atoms with E-state index in [1.165, 1.54) is 25.9 Å². The molecule has 2 aliphatic rings. The quantitative estimate of drug-likeness (QED) is 0.837. The van der Waals surface area contributed by atoms with Crippen molar-refractivity contribution in [1.29, 1.82) is 0 Å². The molecule has 2 atom stereocenters. The Kier molecular flexibility index (Phi) is 4.06. The average Bonchev–Trinajstić information content (AvgIpc) is 2.68. The van der Waals surface area contributed by atoms with Crippen LogP contribution in [0.3, 0.4) is 0 Å². The van der Waals surface area contributed by atoms with Crippen LogP contribution in [0.4, 0.5) is 0 Å². The summed E-state index contributed by atoms with van der Waals surface area (Å²) in [5.41, 5.74) is 0.945. The molecule has 0 radical (unpaired) electrons. The fourth-order valence-corrected chi connectivity index (χ4v) is 4.30. The fourth-order valence-electron chi connectivity index (χ4n) is 4.30. The van der Waals surface area contributed by atoms with Gasteiger partial charge >= 0.3 is 0 Å². The highest BCUT2D eigenvalue weighted by Crippen LogP contribution is 2.65. The summed E-state index contributed by atoms with van der Waals surface area (Å²) in [6, 6.07) is 2.19. The molecule has 2 heteroatoms. The summed E-state index contributed by atoms with van der Waals surface area (Å²) < 4.78 is 0. The van der Waals surface area contributed by atoms with Gasteiger partial charge in [0.05, 0.1) is 0 Å². The van der Waals surface area contributed by atoms with Crippen LogP contribution in [0.15, 0.2) is 0 Å². The molecular formula is C17H34N2. The van der Waals surface area contributed by atoms with Gasteiger partial charge in [-0.1, -0.05) is 48.5 Å². The van der Waals surface area contributed by atoms with Crippen LogP contribution in [0.25, 0.3) is 0 Å². The third kappa shape index (κ3) is 2.58. The normalized spacial score (nSPS) is 34.7. The number of piperazine rings is 1. The molecule has 1 aliphatic carbocycles. The second-order valence-corrected chi connectivity index (χ2v) is 8.34. The van der Waals surface area contributed by atoms with E-state index in [0.29, 0.717) is 16.9 Å². The maximum Gasteiger partial charge on any atom is 0.0222 e. The van der Waals surface area contributed by atoms with Gasteiger partial charge in [0.1, 0.15) is 0 Å². The largest absolute Gasteiger partial charge is 0.311 e. The zero-order chi connectivity index (χ0) is 14.4. The molecule has 1 saturated carbocycles. The van der Waals surface area contributed by atoms with Gasteiger partial charge in [0.15, 0.2) is 0 Å². The van der Waals surface area contributed by atoms with Crippen LogP contribution in [0.5, 0.6) is 0 Å². The molecule has 2 rings (SSSR count). The lowest BCUT2D eigenvalue weighted by molar-refractivity contribution is 0.0913. The van der Waals surface area contributed by atoms with Gasteiger partial charge in [-0.3, -0.25) is 4.90 Å². The van der Waals surface area contributed by atoms with Crippen molar-refractivity contribution in [3.8, 4) is 0 Å². The van der Waals surface area contributed by atoms with Gasteiger partial charge in [0, 0.05) is 31.2 Å². The van der Waals surface area contributed by atoms with Gasteiger partial charge in [-0.05, 0) is 29.6 Å². The topological polar surface area (TPSA) is 15.3 Å². The summed E-state index contributed by atoms with van der Waals surface area (Å²) >= 11 is 0. The molecular weight excluding hydrogens is 232 g/mol. The van der Waals surface area contributed by atoms with Crippen LogP contribution in [0, 0.1) is 16.7 Å². The number of nitrogens with one attached hydrogen (secondary N) is 1. The van der Waals surface area contributed by atoms with Crippen molar-refractivity contribution in [2.24, 2.45) is 16.7 Å². The number of hydrogen-bond donors (Lipinski definition) is 1. The number of nitrogens with zero attached hydrogens (tertiary/aromatic N) is 1. The molecule has 1 heterocycles. The van der Waals surface area contributed by atoms with Gasteiger partial charge in [-0.25, -0.2) is 0 Å². The molecule has 1 saturated heterocycles. The Bertz CT molecular complexity index is 305. The Hall–Kier alpha value is -0.0800. The van der Waals surface area contributed by atoms with E-state index < -0.39 is 0 Å². The van der Waals surface area contributed by atoms with Gasteiger partial charge in [-0.2, -0.15) is 0 Å². The van der Waals surface area contributed by atoms with E-state index in [0.717, 1.165) is 18.0 Å². The minimum Gasteiger partial charge on any atom is -0.311 e. The Balaban J connectivity index is 2.08. The third-order valence-corrected chi connectivity index (χ3v) is 6.05. The summed E-state index contributed by atoms with van der Waals surface area (Å²) in [4.78, 5) is 2.84. The smallest absolute Gasteiger partial charge is 0.0222 e. The third-order valence-electron chi connectivity index (χ3n) is 6.05. The average molecular weight is 266 g/mol. The predicted molar refractivity (Wildman–Crippen MR) is 83.4 cm³/mol. The second-order valence-electron chi connectivity index (χ2n) is 8.34. The van der Waals surface area contributed by atoms with Crippen LogP contribution < -0.4 is 5.32 Å². The van der Waals surface area contributed by atoms with Crippen LogP contribution in [0.2, 0.25) is 0 Å². The molecule has 0 aromatic carbocycles. The SMILES string of the molecule is CCC1CNC(CC(C)C)CN1C1C(C)(C)C1(C)C. The molecule has 0 bridgehead atoms. The van der Waals surface area contributed by atoms with E-state index in [1.807, 2.05) is 0 Å². The van der Waals surface area contributed by atoms with E-state index in [2.05, 4.69) is 58.7 Å². The first-order valence-corrected chi connectivity index (χ1v) is 8.21. The van der Waals surface area contributed by atoms with Crippen LogP contribution in [0.1, 0.15) is 61.3 Å². The summed E-state index contributed by atoms with van der Waals surface area (Å²) in [6.07, 6.45) is 2.57. The maximum absolute atomic E-state index is 3.78. The Morgan fingerprint density at radius 3 is 2.16 bits per heavy atom. The molecule has 1 aliphatic heterocycles.